The number of ether oxygens (including phenoxy) is 4. The number of aliphatic hydroxyl groups is 1. The highest BCUT2D eigenvalue weighted by molar-refractivity contribution is 7.89. The summed E-state index contributed by atoms with van der Waals surface area (Å²) in [7, 11) is -0.660. The van der Waals surface area contributed by atoms with Crippen LogP contribution in [0.1, 0.15) is 45.1 Å². The van der Waals surface area contributed by atoms with Gasteiger partial charge in [0.25, 0.3) is 0 Å². The lowest BCUT2D eigenvalue weighted by atomic mass is 9.87. The van der Waals surface area contributed by atoms with E-state index < -0.39 is 46.0 Å². The van der Waals surface area contributed by atoms with Gasteiger partial charge in [-0.1, -0.05) is 50.6 Å². The first-order valence-electron chi connectivity index (χ1n) is 17.5. The van der Waals surface area contributed by atoms with Gasteiger partial charge in [0.15, 0.2) is 24.0 Å². The molecule has 15 nitrogen and oxygen atoms in total. The highest BCUT2D eigenvalue weighted by atomic mass is 32.2. The van der Waals surface area contributed by atoms with Crippen LogP contribution < -0.4 is 14.8 Å². The lowest BCUT2D eigenvalue weighted by Gasteiger charge is -2.40. The van der Waals surface area contributed by atoms with Crippen molar-refractivity contribution in [3.63, 3.8) is 0 Å². The number of fused-ring (bicyclic) bond motifs is 2. The van der Waals surface area contributed by atoms with E-state index in [0.29, 0.717) is 49.9 Å². The number of amides is 1. The molecule has 0 radical (unpaired) electrons. The van der Waals surface area contributed by atoms with Crippen molar-refractivity contribution in [2.45, 2.75) is 75.3 Å². The number of nitriles is 1. The molecule has 2 saturated heterocycles. The fourth-order valence-corrected chi connectivity index (χ4v) is 8.76. The van der Waals surface area contributed by atoms with Crippen LogP contribution in [0.25, 0.3) is 0 Å². The van der Waals surface area contributed by atoms with Gasteiger partial charge in [-0.25, -0.2) is 13.2 Å². The number of hydrogen-bond donors (Lipinski definition) is 3. The van der Waals surface area contributed by atoms with E-state index in [0.717, 1.165) is 12.0 Å². The summed E-state index contributed by atoms with van der Waals surface area (Å²) >= 11 is 0. The summed E-state index contributed by atoms with van der Waals surface area (Å²) < 4.78 is 52.7. The van der Waals surface area contributed by atoms with Gasteiger partial charge in [0.1, 0.15) is 0 Å². The maximum Gasteiger partial charge on any atom is 0.407 e. The average molecular weight is 743 g/mol. The molecular weight excluding hydrogens is 692 g/mol. The van der Waals surface area contributed by atoms with Gasteiger partial charge in [0.05, 0.1) is 36.3 Å². The van der Waals surface area contributed by atoms with Crippen LogP contribution in [0, 0.1) is 22.8 Å². The minimum atomic E-state index is -4.24. The molecule has 2 aromatic carbocycles. The fraction of sp³-hybridized carbons (Fsp3) is 0.583. The van der Waals surface area contributed by atoms with Crippen LogP contribution in [0.5, 0.6) is 11.5 Å². The Morgan fingerprint density at radius 3 is 2.58 bits per heavy atom. The highest BCUT2D eigenvalue weighted by Gasteiger charge is 2.49. The average Bonchev–Trinajstić information content (AvgIpc) is 3.86. The van der Waals surface area contributed by atoms with Crippen LogP contribution in [0.2, 0.25) is 0 Å². The molecular formula is C36H50N6O9S. The van der Waals surface area contributed by atoms with E-state index in [1.165, 1.54) is 21.3 Å². The van der Waals surface area contributed by atoms with Crippen LogP contribution >= 0.6 is 0 Å². The summed E-state index contributed by atoms with van der Waals surface area (Å²) in [6, 6.07) is 12.1. The first-order chi connectivity index (χ1) is 24.8. The predicted molar refractivity (Wildman–Crippen MR) is 191 cm³/mol. The van der Waals surface area contributed by atoms with Crippen molar-refractivity contribution < 1.29 is 42.4 Å². The first-order valence-corrected chi connectivity index (χ1v) is 19.0. The summed E-state index contributed by atoms with van der Waals surface area (Å²) in [6.45, 7) is 4.61. The SMILES string of the molecule is CN(C)C(=NCCCCC(C)(C)CN(C[C@@H](O)[C@H](Cc1ccccc1)N(C(=O)O)[C@H]1CO[C@H]2OCC[C@H]21)S(=O)(=O)c1ccc2c(c1)OCO2)NC#N. The Kier molecular flexibility index (Phi) is 12.9. The van der Waals surface area contributed by atoms with Gasteiger partial charge >= 0.3 is 6.09 Å². The standard InChI is InChI=1S/C36H50N6O9S/c1-36(2,15-8-9-16-38-34(39-23-37)40(3)4)22-41(52(46,47)26-12-13-31-32(19-26)51-24-50-31)20-30(43)28(18-25-10-6-5-7-11-25)42(35(44)45)29-21-49-33-27(29)14-17-48-33/h5-7,10-13,19,27-30,33,43H,8-9,14-18,20-22,24H2,1-4H3,(H,38,39)(H,44,45)/t27-,28-,29-,30+,33+/m0/s1. The van der Waals surface area contributed by atoms with E-state index in [1.54, 1.807) is 25.1 Å². The molecule has 3 heterocycles. The number of aliphatic hydroxyl groups excluding tert-OH is 1. The maximum absolute atomic E-state index is 14.5. The number of nitrogens with zero attached hydrogens (tertiary/aromatic N) is 5. The molecule has 0 saturated carbocycles. The second-order valence-corrected chi connectivity index (χ2v) is 16.3. The third kappa shape index (κ3) is 9.44. The second kappa shape index (κ2) is 17.1. The molecule has 3 N–H and O–H groups in total. The molecule has 284 valence electrons. The molecule has 5 atom stereocenters. The molecule has 0 unspecified atom stereocenters. The topological polar surface area (TPSA) is 186 Å². The zero-order valence-corrected chi connectivity index (χ0v) is 31.0. The van der Waals surface area contributed by atoms with Gasteiger partial charge < -0.3 is 34.1 Å². The Morgan fingerprint density at radius 2 is 1.87 bits per heavy atom. The van der Waals surface area contributed by atoms with Crippen LogP contribution in [-0.2, 0) is 25.9 Å². The van der Waals surface area contributed by atoms with Gasteiger partial charge in [-0.05, 0) is 48.8 Å². The van der Waals surface area contributed by atoms with Crippen molar-refractivity contribution >= 4 is 22.1 Å². The lowest BCUT2D eigenvalue weighted by molar-refractivity contribution is -0.0906. The molecule has 0 bridgehead atoms. The van der Waals surface area contributed by atoms with E-state index in [4.69, 9.17) is 24.2 Å². The maximum atomic E-state index is 14.5. The van der Waals surface area contributed by atoms with E-state index in [9.17, 15) is 23.4 Å². The summed E-state index contributed by atoms with van der Waals surface area (Å²) in [5, 5.41) is 34.4. The molecule has 5 rings (SSSR count). The first kappa shape index (κ1) is 39.1. The quantitative estimate of drug-likeness (QED) is 0.0751. The van der Waals surface area contributed by atoms with Crippen molar-refractivity contribution in [3.05, 3.63) is 54.1 Å². The van der Waals surface area contributed by atoms with Crippen LogP contribution in [-0.4, -0.2) is 123 Å². The number of hydrogen-bond acceptors (Lipinski definition) is 10. The molecule has 3 aliphatic rings. The van der Waals surface area contributed by atoms with Crippen molar-refractivity contribution in [2.75, 3.05) is 53.7 Å². The zero-order chi connectivity index (χ0) is 37.5. The van der Waals surface area contributed by atoms with Gasteiger partial charge in [-0.15, -0.1) is 0 Å². The molecule has 0 aliphatic carbocycles. The highest BCUT2D eigenvalue weighted by Crippen LogP contribution is 2.38. The number of rotatable bonds is 16. The number of aliphatic imine (C=N–C) groups is 1. The molecule has 52 heavy (non-hydrogen) atoms. The Bertz CT molecular complexity index is 1700. The molecule has 0 aromatic heterocycles. The minimum Gasteiger partial charge on any atom is -0.465 e. The minimum absolute atomic E-state index is 0.0229. The number of nitrogens with one attached hydrogen (secondary N) is 1. The Morgan fingerprint density at radius 1 is 1.12 bits per heavy atom. The zero-order valence-electron chi connectivity index (χ0n) is 30.2. The van der Waals surface area contributed by atoms with Gasteiger partial charge in [0.2, 0.25) is 22.8 Å². The molecule has 2 fully saturated rings. The van der Waals surface area contributed by atoms with Gasteiger partial charge in [-0.2, -0.15) is 9.57 Å². The number of guanidine groups is 1. The summed E-state index contributed by atoms with van der Waals surface area (Å²) in [4.78, 5) is 20.5. The monoisotopic (exact) mass is 742 g/mol. The van der Waals surface area contributed by atoms with E-state index in [2.05, 4.69) is 10.3 Å². The normalized spacial score (nSPS) is 21.0. The van der Waals surface area contributed by atoms with E-state index in [-0.39, 0.29) is 43.7 Å². The lowest BCUT2D eigenvalue weighted by Crippen LogP contribution is -2.58. The molecule has 16 heteroatoms. The number of carboxylic acid groups (broad SMARTS) is 1. The molecule has 2 aromatic rings. The number of unbranched alkanes of at least 4 members (excludes halogenated alkanes) is 1. The third-order valence-electron chi connectivity index (χ3n) is 9.77. The van der Waals surface area contributed by atoms with Crippen molar-refractivity contribution in [1.29, 1.82) is 5.26 Å². The van der Waals surface area contributed by atoms with Gasteiger partial charge in [0, 0.05) is 45.7 Å². The number of carbonyl (C=O) groups is 1. The summed E-state index contributed by atoms with van der Waals surface area (Å²) in [6.07, 6.45) is 1.55. The number of sulfonamides is 1. The smallest absolute Gasteiger partial charge is 0.407 e. The Balaban J connectivity index is 1.42. The largest absolute Gasteiger partial charge is 0.465 e. The second-order valence-electron chi connectivity index (χ2n) is 14.4. The third-order valence-corrected chi connectivity index (χ3v) is 11.6. The van der Waals surface area contributed by atoms with E-state index >= 15 is 0 Å². The van der Waals surface area contributed by atoms with Crippen LogP contribution in [0.15, 0.2) is 58.4 Å². The van der Waals surface area contributed by atoms with Crippen molar-refractivity contribution in [1.82, 2.24) is 19.4 Å². The van der Waals surface area contributed by atoms with Crippen molar-refractivity contribution in [2.24, 2.45) is 16.3 Å². The Labute approximate surface area is 305 Å². The number of benzene rings is 2. The summed E-state index contributed by atoms with van der Waals surface area (Å²) in [5.74, 6) is 0.988. The Hall–Kier alpha value is -4.14. The van der Waals surface area contributed by atoms with Crippen LogP contribution in [0.4, 0.5) is 4.79 Å². The fourth-order valence-electron chi connectivity index (χ4n) is 7.10. The van der Waals surface area contributed by atoms with Crippen molar-refractivity contribution in [3.8, 4) is 17.7 Å². The van der Waals surface area contributed by atoms with Gasteiger partial charge in [-0.3, -0.25) is 15.2 Å². The molecule has 1 amide bonds. The van der Waals surface area contributed by atoms with Crippen LogP contribution in [0.3, 0.4) is 0 Å². The van der Waals surface area contributed by atoms with E-state index in [1.807, 2.05) is 50.4 Å². The molecule has 3 aliphatic heterocycles. The molecule has 0 spiro atoms. The predicted octanol–water partition coefficient (Wildman–Crippen LogP) is 3.30. The summed E-state index contributed by atoms with van der Waals surface area (Å²) in [5.41, 5.74) is 0.239.